The summed E-state index contributed by atoms with van der Waals surface area (Å²) in [5.41, 5.74) is 0.542. The highest BCUT2D eigenvalue weighted by atomic mass is 35.5. The van der Waals surface area contributed by atoms with Crippen molar-refractivity contribution in [3.8, 4) is 0 Å². The predicted octanol–water partition coefficient (Wildman–Crippen LogP) is 4.63. The van der Waals surface area contributed by atoms with Crippen LogP contribution < -0.4 is 10.2 Å². The van der Waals surface area contributed by atoms with Gasteiger partial charge in [-0.15, -0.1) is 0 Å². The molecule has 1 fully saturated rings. The van der Waals surface area contributed by atoms with Crippen LogP contribution in [0.1, 0.15) is 29.6 Å². The van der Waals surface area contributed by atoms with Crippen LogP contribution in [0.2, 0.25) is 5.02 Å². The molecule has 0 spiro atoms. The number of anilines is 2. The van der Waals surface area contributed by atoms with Gasteiger partial charge in [0, 0.05) is 30.2 Å². The van der Waals surface area contributed by atoms with Crippen LogP contribution in [0.25, 0.3) is 0 Å². The number of amides is 1. The van der Waals surface area contributed by atoms with Crippen LogP contribution in [-0.4, -0.2) is 23.9 Å². The number of nitrogens with one attached hydrogen (secondary N) is 1. The van der Waals surface area contributed by atoms with Crippen molar-refractivity contribution in [2.45, 2.75) is 19.3 Å². The molecule has 1 heterocycles. The van der Waals surface area contributed by atoms with Gasteiger partial charge < -0.3 is 10.2 Å². The topological polar surface area (TPSA) is 75.5 Å². The first kappa shape index (κ1) is 18.1. The van der Waals surface area contributed by atoms with E-state index in [0.717, 1.165) is 38.4 Å². The number of carbonyl (C=O) groups excluding carboxylic acids is 1. The van der Waals surface area contributed by atoms with E-state index in [4.69, 9.17) is 11.6 Å². The molecule has 0 saturated carbocycles. The number of non-ortho nitro benzene ring substituents is 1. The van der Waals surface area contributed by atoms with Gasteiger partial charge in [-0.25, -0.2) is 4.39 Å². The molecule has 0 atom stereocenters. The summed E-state index contributed by atoms with van der Waals surface area (Å²) >= 11 is 5.72. The maximum atomic E-state index is 14.0. The van der Waals surface area contributed by atoms with Gasteiger partial charge in [0.2, 0.25) is 0 Å². The molecule has 1 amide bonds. The Hall–Kier alpha value is -2.67. The van der Waals surface area contributed by atoms with Crippen molar-refractivity contribution in [2.75, 3.05) is 23.3 Å². The Morgan fingerprint density at radius 1 is 1.15 bits per heavy atom. The molecule has 1 saturated heterocycles. The summed E-state index contributed by atoms with van der Waals surface area (Å²) in [6.07, 6.45) is 3.09. The Bertz CT molecular complexity index is 854. The van der Waals surface area contributed by atoms with Gasteiger partial charge in [0.15, 0.2) is 0 Å². The summed E-state index contributed by atoms with van der Waals surface area (Å²) in [4.78, 5) is 25.3. The standard InChI is InChI=1S/C18H17ClFN3O3/c19-12-4-6-16(15(20)10-12)21-18(24)14-11-13(23(25)26)5-7-17(14)22-8-2-1-3-9-22/h4-7,10-11H,1-3,8-9H2,(H,21,24). The van der Waals surface area contributed by atoms with E-state index in [2.05, 4.69) is 5.32 Å². The fourth-order valence-corrected chi connectivity index (χ4v) is 3.17. The minimum Gasteiger partial charge on any atom is -0.371 e. The second kappa shape index (κ2) is 7.70. The van der Waals surface area contributed by atoms with Crippen LogP contribution in [0.5, 0.6) is 0 Å². The van der Waals surface area contributed by atoms with Crippen LogP contribution >= 0.6 is 11.6 Å². The Kier molecular flexibility index (Phi) is 5.37. The molecule has 3 rings (SSSR count). The Labute approximate surface area is 154 Å². The molecule has 136 valence electrons. The number of hydrogen-bond acceptors (Lipinski definition) is 4. The molecule has 0 unspecified atom stereocenters. The number of carbonyl (C=O) groups is 1. The van der Waals surface area contributed by atoms with E-state index in [0.29, 0.717) is 5.69 Å². The first-order valence-corrected chi connectivity index (χ1v) is 8.63. The number of benzene rings is 2. The SMILES string of the molecule is O=C(Nc1ccc(Cl)cc1F)c1cc([N+](=O)[O-])ccc1N1CCCCC1. The number of rotatable bonds is 4. The predicted molar refractivity (Wildman–Crippen MR) is 98.5 cm³/mol. The van der Waals surface area contributed by atoms with E-state index in [1.54, 1.807) is 6.07 Å². The molecule has 6 nitrogen and oxygen atoms in total. The average molecular weight is 378 g/mol. The maximum absolute atomic E-state index is 14.0. The zero-order valence-corrected chi connectivity index (χ0v) is 14.6. The molecule has 26 heavy (non-hydrogen) atoms. The number of nitrogens with zero attached hydrogens (tertiary/aromatic N) is 2. The van der Waals surface area contributed by atoms with E-state index in [1.807, 2.05) is 4.90 Å². The number of piperidine rings is 1. The molecule has 8 heteroatoms. The lowest BCUT2D eigenvalue weighted by molar-refractivity contribution is -0.384. The summed E-state index contributed by atoms with van der Waals surface area (Å²) in [6, 6.07) is 8.09. The van der Waals surface area contributed by atoms with Crippen LogP contribution in [0.3, 0.4) is 0 Å². The zero-order valence-electron chi connectivity index (χ0n) is 13.9. The first-order valence-electron chi connectivity index (χ1n) is 8.25. The van der Waals surface area contributed by atoms with Gasteiger partial charge in [0.1, 0.15) is 5.82 Å². The molecule has 2 aromatic rings. The second-order valence-electron chi connectivity index (χ2n) is 6.08. The molecule has 0 aliphatic carbocycles. The zero-order chi connectivity index (χ0) is 18.7. The summed E-state index contributed by atoms with van der Waals surface area (Å²) in [7, 11) is 0. The highest BCUT2D eigenvalue weighted by Crippen LogP contribution is 2.29. The normalized spacial score (nSPS) is 14.2. The van der Waals surface area contributed by atoms with Crippen LogP contribution in [0, 0.1) is 15.9 Å². The Balaban J connectivity index is 1.95. The van der Waals surface area contributed by atoms with Gasteiger partial charge in [-0.3, -0.25) is 14.9 Å². The molecule has 0 radical (unpaired) electrons. The van der Waals surface area contributed by atoms with Gasteiger partial charge in [0.25, 0.3) is 11.6 Å². The number of halogens is 2. The average Bonchev–Trinajstić information content (AvgIpc) is 2.64. The van der Waals surface area contributed by atoms with Crippen molar-refractivity contribution < 1.29 is 14.1 Å². The summed E-state index contributed by atoms with van der Waals surface area (Å²) in [5, 5.41) is 13.8. The van der Waals surface area contributed by atoms with Crippen molar-refractivity contribution >= 4 is 34.6 Å². The lowest BCUT2D eigenvalue weighted by Crippen LogP contribution is -2.31. The minimum atomic E-state index is -0.671. The third-order valence-electron chi connectivity index (χ3n) is 4.31. The monoisotopic (exact) mass is 377 g/mol. The minimum absolute atomic E-state index is 0.0319. The van der Waals surface area contributed by atoms with Gasteiger partial charge in [-0.1, -0.05) is 11.6 Å². The summed E-state index contributed by atoms with van der Waals surface area (Å²) in [5.74, 6) is -1.27. The van der Waals surface area contributed by atoms with E-state index < -0.39 is 16.6 Å². The Morgan fingerprint density at radius 3 is 2.54 bits per heavy atom. The van der Waals surface area contributed by atoms with Gasteiger partial charge >= 0.3 is 0 Å². The van der Waals surface area contributed by atoms with Crippen LogP contribution in [-0.2, 0) is 0 Å². The maximum Gasteiger partial charge on any atom is 0.270 e. The van der Waals surface area contributed by atoms with Crippen molar-refractivity contribution in [3.63, 3.8) is 0 Å². The number of nitro benzene ring substituents is 1. The van der Waals surface area contributed by atoms with Gasteiger partial charge in [0.05, 0.1) is 21.9 Å². The first-order chi connectivity index (χ1) is 12.5. The van der Waals surface area contributed by atoms with Crippen molar-refractivity contribution in [2.24, 2.45) is 0 Å². The van der Waals surface area contributed by atoms with Crippen molar-refractivity contribution in [1.29, 1.82) is 0 Å². The molecule has 1 aliphatic rings. The Morgan fingerprint density at radius 2 is 1.88 bits per heavy atom. The highest BCUT2D eigenvalue weighted by Gasteiger charge is 2.22. The summed E-state index contributed by atoms with van der Waals surface area (Å²) < 4.78 is 14.0. The highest BCUT2D eigenvalue weighted by molar-refractivity contribution is 6.30. The molecular weight excluding hydrogens is 361 g/mol. The van der Waals surface area contributed by atoms with E-state index in [-0.39, 0.29) is 22.0 Å². The number of hydrogen-bond donors (Lipinski definition) is 1. The molecule has 1 aliphatic heterocycles. The van der Waals surface area contributed by atoms with Crippen LogP contribution in [0.4, 0.5) is 21.5 Å². The van der Waals surface area contributed by atoms with Gasteiger partial charge in [-0.05, 0) is 43.5 Å². The van der Waals surface area contributed by atoms with E-state index in [9.17, 15) is 19.3 Å². The molecular formula is C18H17ClFN3O3. The molecule has 1 N–H and O–H groups in total. The number of nitro groups is 1. The third-order valence-corrected chi connectivity index (χ3v) is 4.55. The lowest BCUT2D eigenvalue weighted by Gasteiger charge is -2.30. The quantitative estimate of drug-likeness (QED) is 0.622. The van der Waals surface area contributed by atoms with Crippen molar-refractivity contribution in [1.82, 2.24) is 0 Å². The fourth-order valence-electron chi connectivity index (χ4n) is 3.01. The molecule has 0 bridgehead atoms. The van der Waals surface area contributed by atoms with E-state index >= 15 is 0 Å². The van der Waals surface area contributed by atoms with E-state index in [1.165, 1.54) is 24.3 Å². The lowest BCUT2D eigenvalue weighted by atomic mass is 10.1. The van der Waals surface area contributed by atoms with Gasteiger partial charge in [-0.2, -0.15) is 0 Å². The second-order valence-corrected chi connectivity index (χ2v) is 6.52. The smallest absolute Gasteiger partial charge is 0.270 e. The fraction of sp³-hybridized carbons (Fsp3) is 0.278. The van der Waals surface area contributed by atoms with Crippen LogP contribution in [0.15, 0.2) is 36.4 Å². The largest absolute Gasteiger partial charge is 0.371 e. The molecule has 2 aromatic carbocycles. The molecule has 0 aromatic heterocycles. The summed E-state index contributed by atoms with van der Waals surface area (Å²) in [6.45, 7) is 1.54. The van der Waals surface area contributed by atoms with Crippen molar-refractivity contribution in [3.05, 3.63) is 62.9 Å². The third kappa shape index (κ3) is 3.94.